The van der Waals surface area contributed by atoms with Gasteiger partial charge in [-0.15, -0.1) is 0 Å². The van der Waals surface area contributed by atoms with Crippen LogP contribution in [0.3, 0.4) is 0 Å². The van der Waals surface area contributed by atoms with Crippen LogP contribution in [0.2, 0.25) is 5.02 Å². The standard InChI is InChI=1S/C9H8ClFN2O3S/c1-12(2)9(17)16-8-4-7(13(14)15)6(11)3-5(8)10/h3-4H,1-2H3. The molecular weight excluding hydrogens is 271 g/mol. The molecule has 0 bridgehead atoms. The molecule has 0 radical (unpaired) electrons. The van der Waals surface area contributed by atoms with Gasteiger partial charge in [-0.1, -0.05) is 11.6 Å². The van der Waals surface area contributed by atoms with Crippen molar-refractivity contribution in [3.8, 4) is 5.75 Å². The predicted molar refractivity (Wildman–Crippen MR) is 65.0 cm³/mol. The Kier molecular flexibility index (Phi) is 4.19. The first kappa shape index (κ1) is 13.6. The number of rotatable bonds is 2. The predicted octanol–water partition coefficient (Wildman–Crippen LogP) is 2.61. The van der Waals surface area contributed by atoms with E-state index in [1.807, 2.05) is 0 Å². The minimum absolute atomic E-state index is 0.0570. The van der Waals surface area contributed by atoms with E-state index in [9.17, 15) is 14.5 Å². The van der Waals surface area contributed by atoms with Crippen LogP contribution in [0.5, 0.6) is 5.75 Å². The Balaban J connectivity index is 3.12. The van der Waals surface area contributed by atoms with Crippen molar-refractivity contribution in [1.82, 2.24) is 4.90 Å². The number of benzene rings is 1. The quantitative estimate of drug-likeness (QED) is 0.473. The van der Waals surface area contributed by atoms with Crippen LogP contribution in [0, 0.1) is 15.9 Å². The van der Waals surface area contributed by atoms with E-state index in [2.05, 4.69) is 0 Å². The Morgan fingerprint density at radius 2 is 2.18 bits per heavy atom. The minimum atomic E-state index is -1.02. The molecule has 0 amide bonds. The average Bonchev–Trinajstić information content (AvgIpc) is 2.21. The van der Waals surface area contributed by atoms with Crippen LogP contribution in [-0.4, -0.2) is 29.1 Å². The highest BCUT2D eigenvalue weighted by molar-refractivity contribution is 7.80. The molecule has 5 nitrogen and oxygen atoms in total. The van der Waals surface area contributed by atoms with E-state index >= 15 is 0 Å². The molecule has 0 atom stereocenters. The summed E-state index contributed by atoms with van der Waals surface area (Å²) in [4.78, 5) is 11.1. The Morgan fingerprint density at radius 3 is 2.65 bits per heavy atom. The van der Waals surface area contributed by atoms with Crippen LogP contribution >= 0.6 is 23.8 Å². The van der Waals surface area contributed by atoms with Gasteiger partial charge in [0.05, 0.1) is 16.0 Å². The molecule has 0 aliphatic carbocycles. The fourth-order valence-corrected chi connectivity index (χ4v) is 1.20. The molecule has 0 aliphatic rings. The number of nitrogens with zero attached hydrogens (tertiary/aromatic N) is 2. The molecule has 0 aliphatic heterocycles. The zero-order valence-electron chi connectivity index (χ0n) is 8.94. The zero-order valence-corrected chi connectivity index (χ0v) is 10.5. The summed E-state index contributed by atoms with van der Waals surface area (Å²) in [6, 6.07) is 1.71. The van der Waals surface area contributed by atoms with Gasteiger partial charge in [0.15, 0.2) is 5.75 Å². The van der Waals surface area contributed by atoms with Crippen LogP contribution < -0.4 is 4.74 Å². The SMILES string of the molecule is CN(C)C(=S)Oc1cc([N+](=O)[O-])c(F)cc1Cl. The Bertz CT molecular complexity index is 482. The number of ether oxygens (including phenoxy) is 1. The van der Waals surface area contributed by atoms with E-state index in [4.69, 9.17) is 28.6 Å². The van der Waals surface area contributed by atoms with Crippen LogP contribution in [0.15, 0.2) is 12.1 Å². The maximum Gasteiger partial charge on any atom is 0.308 e. The third-order valence-electron chi connectivity index (χ3n) is 1.76. The highest BCUT2D eigenvalue weighted by Gasteiger charge is 2.19. The highest BCUT2D eigenvalue weighted by atomic mass is 35.5. The molecule has 92 valence electrons. The summed E-state index contributed by atoms with van der Waals surface area (Å²) in [5.41, 5.74) is -0.717. The Hall–Kier alpha value is -1.47. The molecule has 1 aromatic carbocycles. The smallest absolute Gasteiger partial charge is 0.308 e. The van der Waals surface area contributed by atoms with Crippen molar-refractivity contribution in [2.24, 2.45) is 0 Å². The normalized spacial score (nSPS) is 9.88. The van der Waals surface area contributed by atoms with Gasteiger partial charge in [-0.05, 0) is 12.2 Å². The molecule has 1 rings (SSSR count). The van der Waals surface area contributed by atoms with Crippen molar-refractivity contribution < 1.29 is 14.1 Å². The Morgan fingerprint density at radius 1 is 1.59 bits per heavy atom. The van der Waals surface area contributed by atoms with Gasteiger partial charge in [0.25, 0.3) is 5.17 Å². The van der Waals surface area contributed by atoms with E-state index in [1.165, 1.54) is 4.90 Å². The van der Waals surface area contributed by atoms with Crippen molar-refractivity contribution >= 4 is 34.7 Å². The van der Waals surface area contributed by atoms with Crippen molar-refractivity contribution in [3.05, 3.63) is 33.1 Å². The maximum absolute atomic E-state index is 13.2. The lowest BCUT2D eigenvalue weighted by molar-refractivity contribution is -0.387. The topological polar surface area (TPSA) is 55.6 Å². The van der Waals surface area contributed by atoms with E-state index in [0.29, 0.717) is 0 Å². The molecule has 0 aromatic heterocycles. The summed E-state index contributed by atoms with van der Waals surface area (Å²) in [6.07, 6.45) is 0. The van der Waals surface area contributed by atoms with E-state index in [-0.39, 0.29) is 15.9 Å². The summed E-state index contributed by atoms with van der Waals surface area (Å²) < 4.78 is 18.3. The van der Waals surface area contributed by atoms with Crippen LogP contribution in [0.4, 0.5) is 10.1 Å². The molecular formula is C9H8ClFN2O3S. The number of nitro benzene ring substituents is 1. The second-order valence-electron chi connectivity index (χ2n) is 3.25. The van der Waals surface area contributed by atoms with E-state index < -0.39 is 16.4 Å². The van der Waals surface area contributed by atoms with Gasteiger partial charge in [-0.2, -0.15) is 4.39 Å². The summed E-state index contributed by atoms with van der Waals surface area (Å²) in [7, 11) is 3.27. The summed E-state index contributed by atoms with van der Waals surface area (Å²) in [6.45, 7) is 0. The Labute approximate surface area is 107 Å². The number of halogens is 2. The summed E-state index contributed by atoms with van der Waals surface area (Å²) >= 11 is 10.5. The monoisotopic (exact) mass is 278 g/mol. The van der Waals surface area contributed by atoms with Gasteiger partial charge in [0, 0.05) is 20.2 Å². The third-order valence-corrected chi connectivity index (χ3v) is 2.50. The second kappa shape index (κ2) is 5.24. The number of hydrogen-bond donors (Lipinski definition) is 0. The number of thiocarbonyl (C=S) groups is 1. The third kappa shape index (κ3) is 3.24. The van der Waals surface area contributed by atoms with Gasteiger partial charge >= 0.3 is 5.69 Å². The maximum atomic E-state index is 13.2. The van der Waals surface area contributed by atoms with Crippen molar-refractivity contribution in [1.29, 1.82) is 0 Å². The molecule has 0 spiro atoms. The first-order valence-electron chi connectivity index (χ1n) is 4.35. The molecule has 0 unspecified atom stereocenters. The lowest BCUT2D eigenvalue weighted by Crippen LogP contribution is -2.25. The number of hydrogen-bond acceptors (Lipinski definition) is 4. The molecule has 0 heterocycles. The molecule has 1 aromatic rings. The van der Waals surface area contributed by atoms with E-state index in [0.717, 1.165) is 12.1 Å². The zero-order chi connectivity index (χ0) is 13.2. The summed E-state index contributed by atoms with van der Waals surface area (Å²) in [5.74, 6) is -1.08. The summed E-state index contributed by atoms with van der Waals surface area (Å²) in [5, 5.41) is 10.5. The lowest BCUT2D eigenvalue weighted by Gasteiger charge is -2.14. The van der Waals surface area contributed by atoms with Crippen molar-refractivity contribution in [2.75, 3.05) is 14.1 Å². The van der Waals surface area contributed by atoms with Gasteiger partial charge in [0.1, 0.15) is 0 Å². The molecule has 0 N–H and O–H groups in total. The van der Waals surface area contributed by atoms with E-state index in [1.54, 1.807) is 14.1 Å². The molecule has 0 fully saturated rings. The average molecular weight is 279 g/mol. The van der Waals surface area contributed by atoms with Crippen LogP contribution in [0.25, 0.3) is 0 Å². The largest absolute Gasteiger partial charge is 0.430 e. The second-order valence-corrected chi connectivity index (χ2v) is 4.01. The lowest BCUT2D eigenvalue weighted by atomic mass is 10.3. The fraction of sp³-hybridized carbons (Fsp3) is 0.222. The first-order valence-corrected chi connectivity index (χ1v) is 5.14. The molecule has 17 heavy (non-hydrogen) atoms. The highest BCUT2D eigenvalue weighted by Crippen LogP contribution is 2.31. The van der Waals surface area contributed by atoms with Gasteiger partial charge in [0.2, 0.25) is 5.82 Å². The van der Waals surface area contributed by atoms with Gasteiger partial charge in [-0.25, -0.2) is 0 Å². The molecule has 0 saturated heterocycles. The first-order chi connectivity index (χ1) is 7.82. The number of nitro groups is 1. The van der Waals surface area contributed by atoms with Gasteiger partial charge in [-0.3, -0.25) is 10.1 Å². The van der Waals surface area contributed by atoms with Crippen molar-refractivity contribution in [3.63, 3.8) is 0 Å². The fourth-order valence-electron chi connectivity index (χ4n) is 0.922. The minimum Gasteiger partial charge on any atom is -0.430 e. The molecule has 8 heteroatoms. The van der Waals surface area contributed by atoms with Gasteiger partial charge < -0.3 is 9.64 Å². The van der Waals surface area contributed by atoms with Crippen molar-refractivity contribution in [2.45, 2.75) is 0 Å². The van der Waals surface area contributed by atoms with Crippen LogP contribution in [-0.2, 0) is 0 Å². The van der Waals surface area contributed by atoms with Crippen LogP contribution in [0.1, 0.15) is 0 Å². The molecule has 0 saturated carbocycles.